The summed E-state index contributed by atoms with van der Waals surface area (Å²) < 4.78 is 11.2. The van der Waals surface area contributed by atoms with Crippen molar-refractivity contribution in [3.05, 3.63) is 53.1 Å². The molecule has 2 aromatic carbocycles. The van der Waals surface area contributed by atoms with Crippen LogP contribution < -0.4 is 14.8 Å². The van der Waals surface area contributed by atoms with Gasteiger partial charge in [-0.1, -0.05) is 26.0 Å². The van der Waals surface area contributed by atoms with E-state index in [1.165, 1.54) is 0 Å². The Morgan fingerprint density at radius 2 is 1.84 bits per heavy atom. The largest absolute Gasteiger partial charge is 0.493 e. The van der Waals surface area contributed by atoms with Gasteiger partial charge >= 0.3 is 0 Å². The maximum absolute atomic E-state index is 12.6. The topological polar surface area (TPSA) is 47.6 Å². The summed E-state index contributed by atoms with van der Waals surface area (Å²) >= 11 is 0. The molecular formula is C21H27NO3. The Kier molecular flexibility index (Phi) is 6.45. The molecule has 4 heteroatoms. The number of nitrogens with one attached hydrogen (secondary N) is 1. The SMILES string of the molecule is COc1cc(C(=O)Nc2cc(C)ccc2C)ccc1OCCC(C)C. The smallest absolute Gasteiger partial charge is 0.255 e. The van der Waals surface area contributed by atoms with Crippen LogP contribution in [0.25, 0.3) is 0 Å². The molecule has 0 fully saturated rings. The fourth-order valence-corrected chi connectivity index (χ4v) is 2.40. The highest BCUT2D eigenvalue weighted by Gasteiger charge is 2.12. The summed E-state index contributed by atoms with van der Waals surface area (Å²) in [7, 11) is 1.58. The number of aryl methyl sites for hydroxylation is 2. The van der Waals surface area contributed by atoms with Crippen LogP contribution in [0.5, 0.6) is 11.5 Å². The predicted molar refractivity (Wildman–Crippen MR) is 102 cm³/mol. The number of amides is 1. The van der Waals surface area contributed by atoms with Crippen molar-refractivity contribution in [2.24, 2.45) is 5.92 Å². The minimum Gasteiger partial charge on any atom is -0.493 e. The van der Waals surface area contributed by atoms with Gasteiger partial charge in [0.1, 0.15) is 0 Å². The summed E-state index contributed by atoms with van der Waals surface area (Å²) in [6.45, 7) is 8.91. The van der Waals surface area contributed by atoms with Crippen LogP contribution >= 0.6 is 0 Å². The normalized spacial score (nSPS) is 10.6. The number of hydrogen-bond acceptors (Lipinski definition) is 3. The van der Waals surface area contributed by atoms with E-state index >= 15 is 0 Å². The molecule has 1 amide bonds. The van der Waals surface area contributed by atoms with Gasteiger partial charge in [-0.05, 0) is 61.6 Å². The first-order valence-electron chi connectivity index (χ1n) is 8.60. The molecule has 0 unspecified atom stereocenters. The number of hydrogen-bond donors (Lipinski definition) is 1. The molecule has 0 heterocycles. The summed E-state index contributed by atoms with van der Waals surface area (Å²) in [4.78, 5) is 12.6. The first-order valence-corrected chi connectivity index (χ1v) is 8.60. The maximum Gasteiger partial charge on any atom is 0.255 e. The van der Waals surface area contributed by atoms with E-state index in [1.54, 1.807) is 25.3 Å². The van der Waals surface area contributed by atoms with Crippen LogP contribution in [0.3, 0.4) is 0 Å². The number of rotatable bonds is 7. The molecule has 0 bridgehead atoms. The van der Waals surface area contributed by atoms with Crippen LogP contribution in [0.1, 0.15) is 41.8 Å². The lowest BCUT2D eigenvalue weighted by atomic mass is 10.1. The third-order valence-electron chi connectivity index (χ3n) is 4.02. The Balaban J connectivity index is 2.13. The van der Waals surface area contributed by atoms with Crippen molar-refractivity contribution in [3.8, 4) is 11.5 Å². The van der Waals surface area contributed by atoms with E-state index in [0.717, 1.165) is 23.2 Å². The average molecular weight is 341 g/mol. The van der Waals surface area contributed by atoms with Gasteiger partial charge in [0.15, 0.2) is 11.5 Å². The lowest BCUT2D eigenvalue weighted by Crippen LogP contribution is -2.13. The fraction of sp³-hybridized carbons (Fsp3) is 0.381. The molecule has 0 atom stereocenters. The van der Waals surface area contributed by atoms with Crippen molar-refractivity contribution in [2.45, 2.75) is 34.1 Å². The quantitative estimate of drug-likeness (QED) is 0.772. The van der Waals surface area contributed by atoms with Crippen molar-refractivity contribution < 1.29 is 14.3 Å². The van der Waals surface area contributed by atoms with Gasteiger partial charge in [-0.15, -0.1) is 0 Å². The molecule has 25 heavy (non-hydrogen) atoms. The molecule has 0 aliphatic carbocycles. The Bertz CT molecular complexity index is 738. The maximum atomic E-state index is 12.6. The number of anilines is 1. The van der Waals surface area contributed by atoms with E-state index in [0.29, 0.717) is 29.6 Å². The van der Waals surface area contributed by atoms with E-state index in [1.807, 2.05) is 32.0 Å². The Hall–Kier alpha value is -2.49. The van der Waals surface area contributed by atoms with Crippen LogP contribution in [0.4, 0.5) is 5.69 Å². The molecule has 1 N–H and O–H groups in total. The molecule has 0 aliphatic rings. The third-order valence-corrected chi connectivity index (χ3v) is 4.02. The van der Waals surface area contributed by atoms with Crippen molar-refractivity contribution >= 4 is 11.6 Å². The highest BCUT2D eigenvalue weighted by Crippen LogP contribution is 2.29. The molecule has 0 saturated heterocycles. The van der Waals surface area contributed by atoms with Crippen molar-refractivity contribution in [2.75, 3.05) is 19.0 Å². The van der Waals surface area contributed by atoms with Gasteiger partial charge in [-0.25, -0.2) is 0 Å². The Labute approximate surface area is 150 Å². The molecule has 4 nitrogen and oxygen atoms in total. The highest BCUT2D eigenvalue weighted by molar-refractivity contribution is 6.05. The minimum atomic E-state index is -0.166. The van der Waals surface area contributed by atoms with Crippen molar-refractivity contribution in [1.82, 2.24) is 0 Å². The zero-order valence-corrected chi connectivity index (χ0v) is 15.7. The summed E-state index contributed by atoms with van der Waals surface area (Å²) in [5.74, 6) is 1.64. The lowest BCUT2D eigenvalue weighted by molar-refractivity contribution is 0.102. The summed E-state index contributed by atoms with van der Waals surface area (Å²) in [6, 6.07) is 11.2. The van der Waals surface area contributed by atoms with Gasteiger partial charge in [0, 0.05) is 11.3 Å². The second-order valence-electron chi connectivity index (χ2n) is 6.67. The second kappa shape index (κ2) is 8.56. The van der Waals surface area contributed by atoms with Gasteiger partial charge in [0.2, 0.25) is 0 Å². The molecule has 0 aromatic heterocycles. The van der Waals surface area contributed by atoms with Gasteiger partial charge in [0.05, 0.1) is 13.7 Å². The van der Waals surface area contributed by atoms with E-state index < -0.39 is 0 Å². The van der Waals surface area contributed by atoms with Crippen molar-refractivity contribution in [3.63, 3.8) is 0 Å². The molecule has 2 rings (SSSR count). The number of benzene rings is 2. The third kappa shape index (κ3) is 5.24. The van der Waals surface area contributed by atoms with E-state index in [-0.39, 0.29) is 5.91 Å². The first kappa shape index (κ1) is 18.8. The van der Waals surface area contributed by atoms with Crippen LogP contribution in [0.2, 0.25) is 0 Å². The summed E-state index contributed by atoms with van der Waals surface area (Å²) in [6.07, 6.45) is 0.970. The Morgan fingerprint density at radius 1 is 1.08 bits per heavy atom. The Morgan fingerprint density at radius 3 is 2.52 bits per heavy atom. The lowest BCUT2D eigenvalue weighted by Gasteiger charge is -2.14. The highest BCUT2D eigenvalue weighted by atomic mass is 16.5. The van der Waals surface area contributed by atoms with Crippen LogP contribution in [-0.2, 0) is 0 Å². The summed E-state index contributed by atoms with van der Waals surface area (Å²) in [5, 5.41) is 2.96. The molecule has 134 valence electrons. The van der Waals surface area contributed by atoms with Crippen molar-refractivity contribution in [1.29, 1.82) is 0 Å². The van der Waals surface area contributed by atoms with E-state index in [4.69, 9.17) is 9.47 Å². The monoisotopic (exact) mass is 341 g/mol. The number of carbonyl (C=O) groups is 1. The molecule has 0 radical (unpaired) electrons. The number of ether oxygens (including phenoxy) is 2. The number of methoxy groups -OCH3 is 1. The van der Waals surface area contributed by atoms with Crippen LogP contribution in [-0.4, -0.2) is 19.6 Å². The minimum absolute atomic E-state index is 0.166. The van der Waals surface area contributed by atoms with E-state index in [2.05, 4.69) is 19.2 Å². The van der Waals surface area contributed by atoms with E-state index in [9.17, 15) is 4.79 Å². The first-order chi connectivity index (χ1) is 11.9. The van der Waals surface area contributed by atoms with Gasteiger partial charge < -0.3 is 14.8 Å². The molecule has 0 saturated carbocycles. The van der Waals surface area contributed by atoms with Gasteiger partial charge in [0.25, 0.3) is 5.91 Å². The summed E-state index contributed by atoms with van der Waals surface area (Å²) in [5.41, 5.74) is 3.49. The van der Waals surface area contributed by atoms with Crippen LogP contribution in [0.15, 0.2) is 36.4 Å². The molecule has 0 aliphatic heterocycles. The zero-order valence-electron chi connectivity index (χ0n) is 15.7. The van der Waals surface area contributed by atoms with Gasteiger partial charge in [-0.2, -0.15) is 0 Å². The predicted octanol–water partition coefficient (Wildman–Crippen LogP) is 4.99. The van der Waals surface area contributed by atoms with Gasteiger partial charge in [-0.3, -0.25) is 4.79 Å². The zero-order chi connectivity index (χ0) is 18.4. The average Bonchev–Trinajstić information content (AvgIpc) is 2.58. The fourth-order valence-electron chi connectivity index (χ4n) is 2.40. The standard InChI is InChI=1S/C21H27NO3/c1-14(2)10-11-25-19-9-8-17(13-20(19)24-5)21(23)22-18-12-15(3)6-7-16(18)4/h6-9,12-14H,10-11H2,1-5H3,(H,22,23). The molecular weight excluding hydrogens is 314 g/mol. The molecule has 2 aromatic rings. The number of carbonyl (C=O) groups excluding carboxylic acids is 1. The molecule has 0 spiro atoms. The second-order valence-corrected chi connectivity index (χ2v) is 6.67. The van der Waals surface area contributed by atoms with Crippen LogP contribution in [0, 0.1) is 19.8 Å².